The van der Waals surface area contributed by atoms with Gasteiger partial charge in [0.25, 0.3) is 0 Å². The average Bonchev–Trinajstić information content (AvgIpc) is 2.28. The molecule has 1 amide bonds. The van der Waals surface area contributed by atoms with Gasteiger partial charge in [-0.2, -0.15) is 0 Å². The standard InChI is InChI=1S/C13H26N2O2/c1-9(16)13(2,3)15-12(17)11-6-4-10(8-14)5-7-11/h9-11,16H,4-8,14H2,1-3H3,(H,15,17). The Morgan fingerprint density at radius 3 is 2.35 bits per heavy atom. The highest BCUT2D eigenvalue weighted by atomic mass is 16.3. The fraction of sp³-hybridized carbons (Fsp3) is 0.923. The highest BCUT2D eigenvalue weighted by molar-refractivity contribution is 5.79. The van der Waals surface area contributed by atoms with E-state index in [1.807, 2.05) is 13.8 Å². The third-order valence-corrected chi connectivity index (χ3v) is 4.04. The van der Waals surface area contributed by atoms with Gasteiger partial charge in [0.1, 0.15) is 0 Å². The van der Waals surface area contributed by atoms with Crippen molar-refractivity contribution in [3.05, 3.63) is 0 Å². The van der Waals surface area contributed by atoms with Gasteiger partial charge in [-0.1, -0.05) is 0 Å². The van der Waals surface area contributed by atoms with E-state index in [4.69, 9.17) is 5.73 Å². The van der Waals surface area contributed by atoms with Crippen LogP contribution in [0.3, 0.4) is 0 Å². The minimum Gasteiger partial charge on any atom is -0.391 e. The molecule has 100 valence electrons. The molecule has 0 heterocycles. The molecule has 0 radical (unpaired) electrons. The molecule has 0 aliphatic heterocycles. The maximum absolute atomic E-state index is 12.1. The Hall–Kier alpha value is -0.610. The molecule has 1 rings (SSSR count). The molecule has 1 atom stereocenters. The second-order valence-corrected chi connectivity index (χ2v) is 5.84. The topological polar surface area (TPSA) is 75.3 Å². The van der Waals surface area contributed by atoms with Crippen molar-refractivity contribution in [1.82, 2.24) is 5.32 Å². The Morgan fingerprint density at radius 2 is 1.94 bits per heavy atom. The van der Waals surface area contributed by atoms with Crippen LogP contribution in [0.5, 0.6) is 0 Å². The second kappa shape index (κ2) is 5.83. The van der Waals surface area contributed by atoms with Crippen molar-refractivity contribution in [3.63, 3.8) is 0 Å². The molecule has 4 heteroatoms. The van der Waals surface area contributed by atoms with E-state index in [0.717, 1.165) is 32.2 Å². The van der Waals surface area contributed by atoms with Gasteiger partial charge in [0, 0.05) is 5.92 Å². The molecule has 1 aliphatic carbocycles. The minimum atomic E-state index is -0.554. The molecule has 1 fully saturated rings. The zero-order chi connectivity index (χ0) is 13.1. The number of carbonyl (C=O) groups excluding carboxylic acids is 1. The average molecular weight is 242 g/mol. The number of hydrogen-bond donors (Lipinski definition) is 3. The van der Waals surface area contributed by atoms with Gasteiger partial charge in [-0.05, 0) is 58.9 Å². The molecular formula is C13H26N2O2. The Bertz CT molecular complexity index is 256. The quantitative estimate of drug-likeness (QED) is 0.689. The third-order valence-electron chi connectivity index (χ3n) is 4.04. The smallest absolute Gasteiger partial charge is 0.223 e. The fourth-order valence-electron chi connectivity index (χ4n) is 2.18. The van der Waals surface area contributed by atoms with Crippen molar-refractivity contribution in [2.45, 2.75) is 58.1 Å². The van der Waals surface area contributed by atoms with Crippen molar-refractivity contribution in [2.75, 3.05) is 6.54 Å². The predicted molar refractivity (Wildman–Crippen MR) is 68.4 cm³/mol. The van der Waals surface area contributed by atoms with Crippen LogP contribution >= 0.6 is 0 Å². The summed E-state index contributed by atoms with van der Waals surface area (Å²) in [6, 6.07) is 0. The number of aliphatic hydroxyl groups excluding tert-OH is 1. The molecule has 4 nitrogen and oxygen atoms in total. The number of hydrogen-bond acceptors (Lipinski definition) is 3. The van der Waals surface area contributed by atoms with Crippen LogP contribution in [0, 0.1) is 11.8 Å². The highest BCUT2D eigenvalue weighted by Crippen LogP contribution is 2.28. The number of carbonyl (C=O) groups is 1. The number of nitrogens with one attached hydrogen (secondary N) is 1. The molecule has 1 saturated carbocycles. The summed E-state index contributed by atoms with van der Waals surface area (Å²) < 4.78 is 0. The maximum atomic E-state index is 12.1. The van der Waals surface area contributed by atoms with Crippen molar-refractivity contribution >= 4 is 5.91 Å². The SMILES string of the molecule is CC(O)C(C)(C)NC(=O)C1CCC(CN)CC1. The highest BCUT2D eigenvalue weighted by Gasteiger charge is 2.31. The monoisotopic (exact) mass is 242 g/mol. The van der Waals surface area contributed by atoms with E-state index in [9.17, 15) is 9.90 Å². The number of amides is 1. The lowest BCUT2D eigenvalue weighted by Gasteiger charge is -2.33. The lowest BCUT2D eigenvalue weighted by atomic mass is 9.81. The molecule has 1 unspecified atom stereocenters. The predicted octanol–water partition coefficient (Wildman–Crippen LogP) is 1.03. The maximum Gasteiger partial charge on any atom is 0.223 e. The van der Waals surface area contributed by atoms with Crippen LogP contribution < -0.4 is 11.1 Å². The summed E-state index contributed by atoms with van der Waals surface area (Å²) in [5.74, 6) is 0.756. The summed E-state index contributed by atoms with van der Waals surface area (Å²) in [6.45, 7) is 6.13. The van der Waals surface area contributed by atoms with Crippen LogP contribution in [0.1, 0.15) is 46.5 Å². The summed E-state index contributed by atoms with van der Waals surface area (Å²) in [6.07, 6.45) is 3.38. The van der Waals surface area contributed by atoms with Gasteiger partial charge in [0.15, 0.2) is 0 Å². The Morgan fingerprint density at radius 1 is 1.41 bits per heavy atom. The first-order chi connectivity index (χ1) is 7.86. The molecule has 0 aromatic carbocycles. The first kappa shape index (κ1) is 14.5. The van der Waals surface area contributed by atoms with Gasteiger partial charge < -0.3 is 16.2 Å². The molecule has 0 bridgehead atoms. The van der Waals surface area contributed by atoms with E-state index in [-0.39, 0.29) is 11.8 Å². The molecule has 0 saturated heterocycles. The first-order valence-electron chi connectivity index (χ1n) is 6.57. The Balaban J connectivity index is 2.44. The van der Waals surface area contributed by atoms with Crippen molar-refractivity contribution in [1.29, 1.82) is 0 Å². The number of aliphatic hydroxyl groups is 1. The molecule has 0 aromatic heterocycles. The minimum absolute atomic E-state index is 0.0753. The van der Waals surface area contributed by atoms with Crippen molar-refractivity contribution in [2.24, 2.45) is 17.6 Å². The summed E-state index contributed by atoms with van der Waals surface area (Å²) >= 11 is 0. The van der Waals surface area contributed by atoms with Crippen molar-refractivity contribution in [3.8, 4) is 0 Å². The summed E-state index contributed by atoms with van der Waals surface area (Å²) in [5, 5.41) is 12.5. The van der Waals surface area contributed by atoms with Gasteiger partial charge in [0.05, 0.1) is 11.6 Å². The number of nitrogens with two attached hydrogens (primary N) is 1. The molecule has 0 aromatic rings. The van der Waals surface area contributed by atoms with E-state index in [0.29, 0.717) is 5.92 Å². The van der Waals surface area contributed by atoms with Crippen LogP contribution in [0.15, 0.2) is 0 Å². The summed E-state index contributed by atoms with van der Waals surface area (Å²) in [4.78, 5) is 12.1. The molecule has 4 N–H and O–H groups in total. The van der Waals surface area contributed by atoms with Gasteiger partial charge in [-0.25, -0.2) is 0 Å². The molecule has 17 heavy (non-hydrogen) atoms. The Labute approximate surface area is 104 Å². The lowest BCUT2D eigenvalue weighted by Crippen LogP contribution is -2.53. The first-order valence-corrected chi connectivity index (χ1v) is 6.57. The number of rotatable bonds is 4. The molecule has 0 spiro atoms. The largest absolute Gasteiger partial charge is 0.391 e. The van der Waals surface area contributed by atoms with Crippen LogP contribution in [0.4, 0.5) is 0 Å². The van der Waals surface area contributed by atoms with Gasteiger partial charge in [-0.15, -0.1) is 0 Å². The van der Waals surface area contributed by atoms with Crippen LogP contribution in [-0.2, 0) is 4.79 Å². The zero-order valence-corrected chi connectivity index (χ0v) is 11.2. The zero-order valence-electron chi connectivity index (χ0n) is 11.2. The van der Waals surface area contributed by atoms with Gasteiger partial charge in [0.2, 0.25) is 5.91 Å². The second-order valence-electron chi connectivity index (χ2n) is 5.84. The van der Waals surface area contributed by atoms with Gasteiger partial charge >= 0.3 is 0 Å². The summed E-state index contributed by atoms with van der Waals surface area (Å²) in [7, 11) is 0. The van der Waals surface area contributed by atoms with E-state index < -0.39 is 11.6 Å². The van der Waals surface area contributed by atoms with Crippen molar-refractivity contribution < 1.29 is 9.90 Å². The van der Waals surface area contributed by atoms with Crippen LogP contribution in [-0.4, -0.2) is 29.2 Å². The Kier molecular flexibility index (Phi) is 4.95. The van der Waals surface area contributed by atoms with Crippen LogP contribution in [0.25, 0.3) is 0 Å². The normalized spacial score (nSPS) is 27.6. The van der Waals surface area contributed by atoms with E-state index in [1.165, 1.54) is 0 Å². The lowest BCUT2D eigenvalue weighted by molar-refractivity contribution is -0.129. The fourth-order valence-corrected chi connectivity index (χ4v) is 2.18. The molecule has 1 aliphatic rings. The van der Waals surface area contributed by atoms with E-state index in [2.05, 4.69) is 5.32 Å². The van der Waals surface area contributed by atoms with Crippen LogP contribution in [0.2, 0.25) is 0 Å². The van der Waals surface area contributed by atoms with Gasteiger partial charge in [-0.3, -0.25) is 4.79 Å². The molecular weight excluding hydrogens is 216 g/mol. The van der Waals surface area contributed by atoms with E-state index in [1.54, 1.807) is 6.92 Å². The summed E-state index contributed by atoms with van der Waals surface area (Å²) in [5.41, 5.74) is 5.08. The van der Waals surface area contributed by atoms with E-state index >= 15 is 0 Å². The third kappa shape index (κ3) is 3.96.